The van der Waals surface area contributed by atoms with Crippen LogP contribution in [0.5, 0.6) is 5.75 Å². The maximum atomic E-state index is 14.1. The highest BCUT2D eigenvalue weighted by molar-refractivity contribution is 6.25. The highest BCUT2D eigenvalue weighted by Gasteiger charge is 2.63. The van der Waals surface area contributed by atoms with Gasteiger partial charge in [0.25, 0.3) is 5.91 Å². The summed E-state index contributed by atoms with van der Waals surface area (Å²) in [5.74, 6) is -6.42. The number of allylic oxidation sites excluding steroid dienone is 1. The lowest BCUT2D eigenvalue weighted by Gasteiger charge is -2.50. The summed E-state index contributed by atoms with van der Waals surface area (Å²) >= 11 is 0. The standard InChI is InChI=1S/C28H31N3O8/c1-3-31(4-2)11-14-7-16(13-5-6-39-12-13)17-10-27(30)9-15-8-18(32)20(26(29)37)24(35)28(15,38)25(36)21(27)23(34)19(17)22(14)33/h5-7,12,15,32-33,36,38H,3-4,8-11,30H2,1-2H3,(H2,29,37)/t15-,27+,28-/m1/s1. The van der Waals surface area contributed by atoms with Crippen molar-refractivity contribution in [3.05, 3.63) is 64.0 Å². The topological polar surface area (TPSA) is 201 Å². The second-order valence-corrected chi connectivity index (χ2v) is 10.5. The van der Waals surface area contributed by atoms with Gasteiger partial charge in [-0.3, -0.25) is 19.3 Å². The quantitative estimate of drug-likeness (QED) is 0.295. The normalized spacial score (nSPS) is 26.5. The van der Waals surface area contributed by atoms with Gasteiger partial charge in [-0.2, -0.15) is 0 Å². The summed E-state index contributed by atoms with van der Waals surface area (Å²) in [4.78, 5) is 41.3. The Kier molecular flexibility index (Phi) is 6.21. The molecule has 0 bridgehead atoms. The van der Waals surface area contributed by atoms with Crippen LogP contribution in [-0.2, 0) is 22.6 Å². The van der Waals surface area contributed by atoms with Crippen molar-refractivity contribution in [2.45, 2.75) is 50.8 Å². The molecule has 3 atom stereocenters. The summed E-state index contributed by atoms with van der Waals surface area (Å²) < 4.78 is 5.29. The molecule has 1 aromatic heterocycles. The molecule has 3 aliphatic rings. The van der Waals surface area contributed by atoms with Crippen LogP contribution in [0.2, 0.25) is 0 Å². The molecule has 5 rings (SSSR count). The number of amides is 1. The average Bonchev–Trinajstić information content (AvgIpc) is 3.40. The summed E-state index contributed by atoms with van der Waals surface area (Å²) in [5.41, 5.74) is 8.65. The SMILES string of the molecule is CCN(CC)Cc1cc(-c2ccoc2)c2c(c1O)C(=O)C1=C(O)[C@]3(O)C(=O)C(C(N)=O)=C(O)C[C@@H]3C[C@]1(N)C2. The molecule has 2 aromatic rings. The summed E-state index contributed by atoms with van der Waals surface area (Å²) in [6, 6.07) is 3.51. The van der Waals surface area contributed by atoms with Gasteiger partial charge in [0.2, 0.25) is 5.78 Å². The van der Waals surface area contributed by atoms with Gasteiger partial charge >= 0.3 is 0 Å². The van der Waals surface area contributed by atoms with Gasteiger partial charge in [0.05, 0.1) is 29.2 Å². The van der Waals surface area contributed by atoms with Crippen LogP contribution in [0.15, 0.2) is 51.7 Å². The number of carbonyl (C=O) groups excluding carboxylic acids is 3. The van der Waals surface area contributed by atoms with Crippen LogP contribution < -0.4 is 11.5 Å². The highest BCUT2D eigenvalue weighted by atomic mass is 16.3. The molecule has 0 fully saturated rings. The molecule has 0 unspecified atom stereocenters. The van der Waals surface area contributed by atoms with Crippen molar-refractivity contribution in [2.24, 2.45) is 17.4 Å². The van der Waals surface area contributed by atoms with Gasteiger partial charge in [-0.25, -0.2) is 0 Å². The van der Waals surface area contributed by atoms with Crippen molar-refractivity contribution in [3.63, 3.8) is 0 Å². The van der Waals surface area contributed by atoms with E-state index in [9.17, 15) is 34.8 Å². The fraction of sp³-hybridized carbons (Fsp3) is 0.393. The number of aromatic hydroxyl groups is 1. The number of rotatable bonds is 6. The Hall–Kier alpha value is -3.93. The Morgan fingerprint density at radius 3 is 2.49 bits per heavy atom. The van der Waals surface area contributed by atoms with Crippen LogP contribution in [-0.4, -0.2) is 67.0 Å². The smallest absolute Gasteiger partial charge is 0.255 e. The molecule has 0 saturated carbocycles. The number of nitrogens with two attached hydrogens (primary N) is 2. The lowest BCUT2D eigenvalue weighted by atomic mass is 9.57. The van der Waals surface area contributed by atoms with E-state index in [0.29, 0.717) is 41.9 Å². The maximum Gasteiger partial charge on any atom is 0.255 e. The van der Waals surface area contributed by atoms with Crippen molar-refractivity contribution in [1.82, 2.24) is 4.90 Å². The van der Waals surface area contributed by atoms with Gasteiger partial charge < -0.3 is 36.3 Å². The van der Waals surface area contributed by atoms with E-state index in [4.69, 9.17) is 15.9 Å². The molecule has 1 aromatic carbocycles. The third-order valence-electron chi connectivity index (χ3n) is 8.40. The Labute approximate surface area is 224 Å². The van der Waals surface area contributed by atoms with E-state index in [0.717, 1.165) is 0 Å². The van der Waals surface area contributed by atoms with Crippen molar-refractivity contribution < 1.29 is 39.2 Å². The molecule has 1 heterocycles. The highest BCUT2D eigenvalue weighted by Crippen LogP contribution is 2.53. The molecule has 0 radical (unpaired) electrons. The largest absolute Gasteiger partial charge is 0.511 e. The van der Waals surface area contributed by atoms with Crippen LogP contribution in [0.3, 0.4) is 0 Å². The first-order valence-electron chi connectivity index (χ1n) is 12.8. The number of benzene rings is 1. The second kappa shape index (κ2) is 9.08. The van der Waals surface area contributed by atoms with Gasteiger partial charge in [-0.05, 0) is 49.2 Å². The van der Waals surface area contributed by atoms with Gasteiger partial charge in [0.1, 0.15) is 22.8 Å². The Balaban J connectivity index is 1.75. The fourth-order valence-corrected chi connectivity index (χ4v) is 6.35. The number of Topliss-reactive ketones (excluding diaryl/α,β-unsaturated/α-hetero) is 2. The van der Waals surface area contributed by atoms with Crippen LogP contribution in [0.1, 0.15) is 48.2 Å². The van der Waals surface area contributed by atoms with Crippen molar-refractivity contribution >= 4 is 17.5 Å². The minimum absolute atomic E-state index is 0.0268. The van der Waals surface area contributed by atoms with Crippen LogP contribution >= 0.6 is 0 Å². The Bertz CT molecular complexity index is 1470. The van der Waals surface area contributed by atoms with Crippen molar-refractivity contribution in [3.8, 4) is 16.9 Å². The maximum absolute atomic E-state index is 14.1. The van der Waals surface area contributed by atoms with E-state index in [-0.39, 0.29) is 30.6 Å². The van der Waals surface area contributed by atoms with E-state index in [1.807, 2.05) is 13.8 Å². The van der Waals surface area contributed by atoms with E-state index in [2.05, 4.69) is 4.90 Å². The monoisotopic (exact) mass is 537 g/mol. The number of aliphatic hydroxyl groups is 3. The summed E-state index contributed by atoms with van der Waals surface area (Å²) in [6.45, 7) is 5.66. The molecule has 8 N–H and O–H groups in total. The van der Waals surface area contributed by atoms with Crippen LogP contribution in [0.4, 0.5) is 0 Å². The lowest BCUT2D eigenvalue weighted by molar-refractivity contribution is -0.144. The van der Waals surface area contributed by atoms with Gasteiger partial charge in [-0.1, -0.05) is 13.8 Å². The van der Waals surface area contributed by atoms with Crippen LogP contribution in [0, 0.1) is 5.92 Å². The molecule has 0 aliphatic heterocycles. The molecular formula is C28H31N3O8. The van der Waals surface area contributed by atoms with E-state index in [1.165, 1.54) is 12.5 Å². The summed E-state index contributed by atoms with van der Waals surface area (Å²) in [5, 5.41) is 44.6. The number of aliphatic hydroxyl groups excluding tert-OH is 2. The minimum atomic E-state index is -2.69. The predicted octanol–water partition coefficient (Wildman–Crippen LogP) is 1.76. The summed E-state index contributed by atoms with van der Waals surface area (Å²) in [7, 11) is 0. The predicted molar refractivity (Wildman–Crippen MR) is 139 cm³/mol. The number of phenolic OH excluding ortho intramolecular Hbond substituents is 1. The molecule has 11 heteroatoms. The number of hydrogen-bond acceptors (Lipinski definition) is 10. The minimum Gasteiger partial charge on any atom is -0.511 e. The number of carbonyl (C=O) groups is 3. The first-order chi connectivity index (χ1) is 18.4. The molecule has 206 valence electrons. The number of hydrogen-bond donors (Lipinski definition) is 6. The van der Waals surface area contributed by atoms with Crippen molar-refractivity contribution in [2.75, 3.05) is 13.1 Å². The van der Waals surface area contributed by atoms with E-state index < -0.39 is 57.2 Å². The molecule has 3 aliphatic carbocycles. The van der Waals surface area contributed by atoms with Gasteiger partial charge in [0.15, 0.2) is 11.4 Å². The first kappa shape index (κ1) is 26.7. The number of ketones is 2. The number of furan rings is 1. The Morgan fingerprint density at radius 1 is 1.21 bits per heavy atom. The number of fused-ring (bicyclic) bond motifs is 3. The molecule has 11 nitrogen and oxygen atoms in total. The summed E-state index contributed by atoms with van der Waals surface area (Å²) in [6.07, 6.45) is 2.43. The second-order valence-electron chi connectivity index (χ2n) is 10.5. The third kappa shape index (κ3) is 3.72. The number of phenols is 1. The lowest BCUT2D eigenvalue weighted by Crippen LogP contribution is -2.64. The number of nitrogens with zero attached hydrogens (tertiary/aromatic N) is 1. The molecule has 0 spiro atoms. The van der Waals surface area contributed by atoms with E-state index >= 15 is 0 Å². The molecule has 0 saturated heterocycles. The van der Waals surface area contributed by atoms with Gasteiger partial charge in [-0.15, -0.1) is 0 Å². The molecular weight excluding hydrogens is 506 g/mol. The zero-order valence-corrected chi connectivity index (χ0v) is 21.7. The van der Waals surface area contributed by atoms with Gasteiger partial charge in [0, 0.05) is 30.0 Å². The first-order valence-corrected chi connectivity index (χ1v) is 12.8. The molecule has 1 amide bonds. The Morgan fingerprint density at radius 2 is 1.90 bits per heavy atom. The number of primary amides is 1. The molecule has 39 heavy (non-hydrogen) atoms. The van der Waals surface area contributed by atoms with Crippen molar-refractivity contribution in [1.29, 1.82) is 0 Å². The van der Waals surface area contributed by atoms with E-state index in [1.54, 1.807) is 12.1 Å². The third-order valence-corrected chi connectivity index (χ3v) is 8.40. The fourth-order valence-electron chi connectivity index (χ4n) is 6.35. The van der Waals surface area contributed by atoms with Crippen LogP contribution in [0.25, 0.3) is 11.1 Å². The zero-order valence-electron chi connectivity index (χ0n) is 21.7. The average molecular weight is 538 g/mol. The zero-order chi connectivity index (χ0) is 28.4.